The van der Waals surface area contributed by atoms with Crippen LogP contribution in [0.4, 0.5) is 10.1 Å². The molecule has 0 bridgehead atoms. The van der Waals surface area contributed by atoms with Crippen molar-refractivity contribution in [1.29, 1.82) is 0 Å². The molecule has 0 radical (unpaired) electrons. The summed E-state index contributed by atoms with van der Waals surface area (Å²) >= 11 is 0. The number of amides is 3. The molecule has 1 saturated heterocycles. The monoisotopic (exact) mass is 604 g/mol. The van der Waals surface area contributed by atoms with Gasteiger partial charge in [-0.05, 0) is 73.7 Å². The van der Waals surface area contributed by atoms with E-state index in [1.165, 1.54) is 31.4 Å². The SMILES string of the molecule is COC[C@H]1CCCN1C(=O)c1cc(OC)cc(C(=O)N[C@@H](Cc2ccccc2)[C@@H](N)C[C@@H](C)C(=O)Nc2ccc(F)cc2)c1. The van der Waals surface area contributed by atoms with Crippen LogP contribution in [0, 0.1) is 11.7 Å². The maximum absolute atomic E-state index is 13.7. The number of rotatable bonds is 13. The number of nitrogens with two attached hydrogens (primary N) is 1. The standard InChI is InChI=1S/C34H41FN4O5/c1-22(32(40)37-27-13-11-26(35)12-14-27)16-30(36)31(17-23-8-5-4-6-9-23)38-33(41)24-18-25(20-29(19-24)44-3)34(42)39-15-7-10-28(39)21-43-2/h4-6,8-9,11-14,18-20,22,28,30-31H,7,10,15-17,21,36H2,1-3H3,(H,37,40)(H,38,41)/t22-,28-,30+,31+/m1/s1. The van der Waals surface area contributed by atoms with Crippen LogP contribution in [0.3, 0.4) is 0 Å². The maximum Gasteiger partial charge on any atom is 0.254 e. The molecule has 0 spiro atoms. The van der Waals surface area contributed by atoms with Gasteiger partial charge in [0.15, 0.2) is 0 Å². The van der Waals surface area contributed by atoms with E-state index in [1.54, 1.807) is 37.1 Å². The van der Waals surface area contributed by atoms with Gasteiger partial charge in [0.2, 0.25) is 5.91 Å². The Bertz CT molecular complexity index is 1420. The highest BCUT2D eigenvalue weighted by atomic mass is 19.1. The molecule has 3 amide bonds. The minimum Gasteiger partial charge on any atom is -0.497 e. The second-order valence-electron chi connectivity index (χ2n) is 11.3. The van der Waals surface area contributed by atoms with Gasteiger partial charge in [0.1, 0.15) is 11.6 Å². The highest BCUT2D eigenvalue weighted by molar-refractivity contribution is 6.00. The molecule has 4 N–H and O–H groups in total. The Balaban J connectivity index is 1.51. The number of methoxy groups -OCH3 is 2. The molecule has 3 aromatic rings. The number of carbonyl (C=O) groups excluding carboxylic acids is 3. The van der Waals surface area contributed by atoms with Gasteiger partial charge in [-0.3, -0.25) is 14.4 Å². The predicted octanol–water partition coefficient (Wildman–Crippen LogP) is 4.42. The van der Waals surface area contributed by atoms with E-state index in [1.807, 2.05) is 30.3 Å². The highest BCUT2D eigenvalue weighted by Crippen LogP contribution is 2.24. The van der Waals surface area contributed by atoms with Gasteiger partial charge in [0.25, 0.3) is 11.8 Å². The molecule has 44 heavy (non-hydrogen) atoms. The summed E-state index contributed by atoms with van der Waals surface area (Å²) in [6, 6.07) is 18.8. The summed E-state index contributed by atoms with van der Waals surface area (Å²) in [6.45, 7) is 2.82. The Morgan fingerprint density at radius 1 is 1.02 bits per heavy atom. The minimum absolute atomic E-state index is 0.0218. The fourth-order valence-electron chi connectivity index (χ4n) is 5.51. The van der Waals surface area contributed by atoms with E-state index in [2.05, 4.69) is 10.6 Å². The Hall–Kier alpha value is -4.28. The first-order chi connectivity index (χ1) is 21.2. The zero-order valence-electron chi connectivity index (χ0n) is 25.4. The lowest BCUT2D eigenvalue weighted by molar-refractivity contribution is -0.119. The van der Waals surface area contributed by atoms with Crippen molar-refractivity contribution in [2.75, 3.05) is 32.7 Å². The Labute approximate surface area is 257 Å². The average Bonchev–Trinajstić information content (AvgIpc) is 3.50. The molecular weight excluding hydrogens is 563 g/mol. The van der Waals surface area contributed by atoms with Gasteiger partial charge in [0, 0.05) is 48.5 Å². The third-order valence-electron chi connectivity index (χ3n) is 7.97. The molecule has 1 heterocycles. The topological polar surface area (TPSA) is 123 Å². The van der Waals surface area contributed by atoms with Crippen LogP contribution in [-0.4, -0.2) is 68.1 Å². The summed E-state index contributed by atoms with van der Waals surface area (Å²) in [5.74, 6) is -1.35. The molecule has 1 aliphatic rings. The van der Waals surface area contributed by atoms with Crippen molar-refractivity contribution in [2.45, 2.75) is 50.7 Å². The number of hydrogen-bond acceptors (Lipinski definition) is 6. The van der Waals surface area contributed by atoms with Gasteiger partial charge in [-0.1, -0.05) is 37.3 Å². The van der Waals surface area contributed by atoms with Gasteiger partial charge >= 0.3 is 0 Å². The number of hydrogen-bond donors (Lipinski definition) is 3. The summed E-state index contributed by atoms with van der Waals surface area (Å²) in [4.78, 5) is 41.9. The molecule has 1 fully saturated rings. The van der Waals surface area contributed by atoms with Crippen LogP contribution < -0.4 is 21.1 Å². The second-order valence-corrected chi connectivity index (χ2v) is 11.3. The molecular formula is C34H41FN4O5. The molecule has 4 rings (SSSR count). The molecule has 0 aliphatic carbocycles. The lowest BCUT2D eigenvalue weighted by Crippen LogP contribution is -2.50. The number of likely N-dealkylation sites (tertiary alicyclic amines) is 1. The van der Waals surface area contributed by atoms with Crippen molar-refractivity contribution >= 4 is 23.4 Å². The fraction of sp³-hybridized carbons (Fsp3) is 0.382. The quantitative estimate of drug-likeness (QED) is 0.266. The Morgan fingerprint density at radius 2 is 1.73 bits per heavy atom. The number of carbonyl (C=O) groups is 3. The molecule has 1 aliphatic heterocycles. The number of nitrogens with zero attached hydrogens (tertiary/aromatic N) is 1. The number of benzene rings is 3. The van der Waals surface area contributed by atoms with E-state index in [4.69, 9.17) is 15.2 Å². The molecule has 10 heteroatoms. The summed E-state index contributed by atoms with van der Waals surface area (Å²) in [7, 11) is 3.10. The second kappa shape index (κ2) is 15.4. The van der Waals surface area contributed by atoms with E-state index < -0.39 is 29.7 Å². The zero-order chi connectivity index (χ0) is 31.6. The first-order valence-electron chi connectivity index (χ1n) is 14.8. The molecule has 234 valence electrons. The minimum atomic E-state index is -0.584. The molecule has 4 atom stereocenters. The summed E-state index contributed by atoms with van der Waals surface area (Å²) in [5, 5.41) is 5.85. The van der Waals surface area contributed by atoms with Gasteiger partial charge in [-0.15, -0.1) is 0 Å². The number of ether oxygens (including phenoxy) is 2. The van der Waals surface area contributed by atoms with Crippen molar-refractivity contribution < 1.29 is 28.2 Å². The Kier molecular flexibility index (Phi) is 11.5. The third kappa shape index (κ3) is 8.64. The summed E-state index contributed by atoms with van der Waals surface area (Å²) < 4.78 is 24.0. The highest BCUT2D eigenvalue weighted by Gasteiger charge is 2.31. The van der Waals surface area contributed by atoms with Crippen molar-refractivity contribution in [2.24, 2.45) is 11.7 Å². The van der Waals surface area contributed by atoms with Crippen LogP contribution in [0.15, 0.2) is 72.8 Å². The van der Waals surface area contributed by atoms with Gasteiger partial charge in [-0.25, -0.2) is 4.39 Å². The van der Waals surface area contributed by atoms with Crippen LogP contribution in [0.1, 0.15) is 52.5 Å². The maximum atomic E-state index is 13.7. The van der Waals surface area contributed by atoms with Gasteiger partial charge in [-0.2, -0.15) is 0 Å². The van der Waals surface area contributed by atoms with Gasteiger partial charge in [0.05, 0.1) is 19.8 Å². The van der Waals surface area contributed by atoms with E-state index in [0.29, 0.717) is 36.6 Å². The largest absolute Gasteiger partial charge is 0.497 e. The molecule has 0 unspecified atom stereocenters. The first kappa shape index (κ1) is 32.6. The summed E-state index contributed by atoms with van der Waals surface area (Å²) in [6.07, 6.45) is 2.46. The Morgan fingerprint density at radius 3 is 2.41 bits per heavy atom. The fourth-order valence-corrected chi connectivity index (χ4v) is 5.51. The molecule has 0 aromatic heterocycles. The number of halogens is 1. The number of nitrogens with one attached hydrogen (secondary N) is 2. The van der Waals surface area contributed by atoms with E-state index >= 15 is 0 Å². The normalized spacial score (nSPS) is 16.6. The molecule has 3 aromatic carbocycles. The van der Waals surface area contributed by atoms with E-state index in [0.717, 1.165) is 18.4 Å². The number of anilines is 1. The van der Waals surface area contributed by atoms with Crippen molar-refractivity contribution in [1.82, 2.24) is 10.2 Å². The average molecular weight is 605 g/mol. The van der Waals surface area contributed by atoms with Crippen molar-refractivity contribution in [3.63, 3.8) is 0 Å². The van der Waals surface area contributed by atoms with Crippen molar-refractivity contribution in [3.8, 4) is 5.75 Å². The smallest absolute Gasteiger partial charge is 0.254 e. The van der Waals surface area contributed by atoms with Crippen LogP contribution in [0.25, 0.3) is 0 Å². The van der Waals surface area contributed by atoms with Crippen LogP contribution >= 0.6 is 0 Å². The lowest BCUT2D eigenvalue weighted by Gasteiger charge is -2.28. The van der Waals surface area contributed by atoms with Crippen LogP contribution in [-0.2, 0) is 16.0 Å². The van der Waals surface area contributed by atoms with Crippen LogP contribution in [0.2, 0.25) is 0 Å². The zero-order valence-corrected chi connectivity index (χ0v) is 25.4. The first-order valence-corrected chi connectivity index (χ1v) is 14.8. The van der Waals surface area contributed by atoms with Crippen molar-refractivity contribution in [3.05, 3.63) is 95.3 Å². The van der Waals surface area contributed by atoms with E-state index in [9.17, 15) is 18.8 Å². The molecule has 0 saturated carbocycles. The van der Waals surface area contributed by atoms with Crippen LogP contribution in [0.5, 0.6) is 5.75 Å². The predicted molar refractivity (Wildman–Crippen MR) is 167 cm³/mol. The van der Waals surface area contributed by atoms with Gasteiger partial charge < -0.3 is 30.7 Å². The third-order valence-corrected chi connectivity index (χ3v) is 7.97. The lowest BCUT2D eigenvalue weighted by atomic mass is 9.91. The van der Waals surface area contributed by atoms with E-state index in [-0.39, 0.29) is 29.8 Å². The molecule has 9 nitrogen and oxygen atoms in total. The summed E-state index contributed by atoms with van der Waals surface area (Å²) in [5.41, 5.74) is 8.74.